The molecule has 0 N–H and O–H groups in total. The van der Waals surface area contributed by atoms with Gasteiger partial charge < -0.3 is 18.9 Å². The molecule has 3 rings (SSSR count). The molecular weight excluding hydrogens is 439 g/mol. The van der Waals surface area contributed by atoms with Crippen LogP contribution in [0.3, 0.4) is 0 Å². The molecule has 1 aliphatic rings. The van der Waals surface area contributed by atoms with Crippen LogP contribution in [0.1, 0.15) is 43.6 Å². The standard InChI is InChI=1S/C23H27FO7S/c1-22(2,3)31-21(25)14-9-18(16-12-23(4,13-28-5)30-19(16)10-14)29-15-7-8-20(17(24)11-15)32(6,26)27/h7-11H,12-13H2,1-6H3. The topological polar surface area (TPSA) is 88.1 Å². The van der Waals surface area contributed by atoms with Gasteiger partial charge in [0, 0.05) is 31.4 Å². The van der Waals surface area contributed by atoms with E-state index >= 15 is 0 Å². The smallest absolute Gasteiger partial charge is 0.338 e. The highest BCUT2D eigenvalue weighted by molar-refractivity contribution is 7.90. The van der Waals surface area contributed by atoms with Crippen molar-refractivity contribution in [3.63, 3.8) is 0 Å². The third kappa shape index (κ3) is 5.39. The molecule has 0 saturated carbocycles. The van der Waals surface area contributed by atoms with Crippen molar-refractivity contribution in [1.29, 1.82) is 0 Å². The molecular formula is C23H27FO7S. The molecule has 0 amide bonds. The predicted octanol–water partition coefficient (Wildman–Crippen LogP) is 4.32. The third-order valence-electron chi connectivity index (χ3n) is 4.69. The second-order valence-corrected chi connectivity index (χ2v) is 11.1. The van der Waals surface area contributed by atoms with Gasteiger partial charge in [-0.05, 0) is 52.0 Å². The number of esters is 1. The van der Waals surface area contributed by atoms with Gasteiger partial charge in [-0.25, -0.2) is 17.6 Å². The van der Waals surface area contributed by atoms with Gasteiger partial charge >= 0.3 is 5.97 Å². The van der Waals surface area contributed by atoms with Crippen molar-refractivity contribution in [3.8, 4) is 17.2 Å². The molecule has 32 heavy (non-hydrogen) atoms. The van der Waals surface area contributed by atoms with Crippen LogP contribution in [0.4, 0.5) is 4.39 Å². The molecule has 9 heteroatoms. The average molecular weight is 467 g/mol. The largest absolute Gasteiger partial charge is 0.484 e. The maximum absolute atomic E-state index is 14.4. The number of benzene rings is 2. The number of methoxy groups -OCH3 is 1. The lowest BCUT2D eigenvalue weighted by Gasteiger charge is -2.22. The van der Waals surface area contributed by atoms with Gasteiger partial charge in [-0.3, -0.25) is 0 Å². The zero-order valence-corrected chi connectivity index (χ0v) is 19.8. The van der Waals surface area contributed by atoms with Crippen molar-refractivity contribution in [2.24, 2.45) is 0 Å². The molecule has 0 saturated heterocycles. The van der Waals surface area contributed by atoms with Crippen molar-refractivity contribution in [2.45, 2.75) is 50.2 Å². The molecule has 2 aromatic rings. The van der Waals surface area contributed by atoms with Gasteiger partial charge in [0.25, 0.3) is 0 Å². The Labute approximate surface area is 187 Å². The van der Waals surface area contributed by atoms with E-state index < -0.39 is 37.7 Å². The minimum Gasteiger partial charge on any atom is -0.484 e. The number of carbonyl (C=O) groups is 1. The molecule has 0 aliphatic carbocycles. The van der Waals surface area contributed by atoms with Crippen LogP contribution < -0.4 is 9.47 Å². The third-order valence-corrected chi connectivity index (χ3v) is 5.82. The lowest BCUT2D eigenvalue weighted by atomic mass is 9.98. The molecule has 0 spiro atoms. The summed E-state index contributed by atoms with van der Waals surface area (Å²) in [7, 11) is -2.15. The number of ether oxygens (including phenoxy) is 4. The molecule has 174 valence electrons. The van der Waals surface area contributed by atoms with E-state index in [0.717, 1.165) is 18.4 Å². The Bertz CT molecular complexity index is 1150. The van der Waals surface area contributed by atoms with Crippen molar-refractivity contribution in [1.82, 2.24) is 0 Å². The highest BCUT2D eigenvalue weighted by atomic mass is 32.2. The lowest BCUT2D eigenvalue weighted by molar-refractivity contribution is 0.00656. The zero-order valence-electron chi connectivity index (χ0n) is 18.9. The Hall–Kier alpha value is -2.65. The average Bonchev–Trinajstić information content (AvgIpc) is 2.95. The Kier molecular flexibility index (Phi) is 6.27. The summed E-state index contributed by atoms with van der Waals surface area (Å²) in [4.78, 5) is 12.3. The number of hydrogen-bond acceptors (Lipinski definition) is 7. The van der Waals surface area contributed by atoms with Crippen molar-refractivity contribution in [3.05, 3.63) is 47.3 Å². The summed E-state index contributed by atoms with van der Waals surface area (Å²) in [5.41, 5.74) is -0.478. The summed E-state index contributed by atoms with van der Waals surface area (Å²) in [6.07, 6.45) is 1.36. The summed E-state index contributed by atoms with van der Waals surface area (Å²) >= 11 is 0. The minimum atomic E-state index is -3.72. The van der Waals surface area contributed by atoms with E-state index in [1.807, 2.05) is 6.92 Å². The summed E-state index contributed by atoms with van der Waals surface area (Å²) in [5, 5.41) is 0. The molecule has 7 nitrogen and oxygen atoms in total. The molecule has 0 fully saturated rings. The van der Waals surface area contributed by atoms with Crippen LogP contribution in [0.25, 0.3) is 0 Å². The number of halogens is 1. The van der Waals surface area contributed by atoms with Crippen LogP contribution in [0, 0.1) is 5.82 Å². The molecule has 1 aliphatic heterocycles. The Morgan fingerprint density at radius 3 is 2.47 bits per heavy atom. The van der Waals surface area contributed by atoms with E-state index in [0.29, 0.717) is 24.3 Å². The first-order valence-corrected chi connectivity index (χ1v) is 11.9. The van der Waals surface area contributed by atoms with Gasteiger partial charge in [0.15, 0.2) is 9.84 Å². The van der Waals surface area contributed by atoms with Gasteiger partial charge in [-0.15, -0.1) is 0 Å². The highest BCUT2D eigenvalue weighted by Crippen LogP contribution is 2.43. The van der Waals surface area contributed by atoms with Crippen LogP contribution in [0.2, 0.25) is 0 Å². The zero-order chi connectivity index (χ0) is 23.9. The lowest BCUT2D eigenvalue weighted by Crippen LogP contribution is -2.35. The van der Waals surface area contributed by atoms with Gasteiger partial charge in [0.05, 0.1) is 12.2 Å². The Balaban J connectivity index is 2.03. The molecule has 1 unspecified atom stereocenters. The van der Waals surface area contributed by atoms with E-state index in [9.17, 15) is 17.6 Å². The summed E-state index contributed by atoms with van der Waals surface area (Å²) in [6.45, 7) is 7.45. The van der Waals surface area contributed by atoms with Crippen LogP contribution in [0.15, 0.2) is 35.2 Å². The predicted molar refractivity (Wildman–Crippen MR) is 116 cm³/mol. The first-order chi connectivity index (χ1) is 14.7. The number of sulfone groups is 1. The summed E-state index contributed by atoms with van der Waals surface area (Å²) in [6, 6.07) is 6.59. The fourth-order valence-electron chi connectivity index (χ4n) is 3.47. The number of rotatable bonds is 6. The van der Waals surface area contributed by atoms with Crippen LogP contribution >= 0.6 is 0 Å². The number of carbonyl (C=O) groups excluding carboxylic acids is 1. The highest BCUT2D eigenvalue weighted by Gasteiger charge is 2.38. The first kappa shape index (κ1) is 24.0. The summed E-state index contributed by atoms with van der Waals surface area (Å²) < 4.78 is 60.4. The number of hydrogen-bond donors (Lipinski definition) is 0. The molecule has 0 radical (unpaired) electrons. The monoisotopic (exact) mass is 466 g/mol. The number of fused-ring (bicyclic) bond motifs is 1. The molecule has 0 aromatic heterocycles. The van der Waals surface area contributed by atoms with E-state index in [2.05, 4.69) is 0 Å². The van der Waals surface area contributed by atoms with E-state index in [-0.39, 0.29) is 17.1 Å². The fourth-order valence-corrected chi connectivity index (χ4v) is 4.19. The van der Waals surface area contributed by atoms with Crippen molar-refractivity contribution < 1.29 is 36.6 Å². The molecule has 1 atom stereocenters. The fraction of sp³-hybridized carbons (Fsp3) is 0.435. The first-order valence-electron chi connectivity index (χ1n) is 9.96. The second-order valence-electron chi connectivity index (χ2n) is 9.08. The Morgan fingerprint density at radius 1 is 1.22 bits per heavy atom. The Morgan fingerprint density at radius 2 is 1.91 bits per heavy atom. The maximum Gasteiger partial charge on any atom is 0.338 e. The molecule has 1 heterocycles. The molecule has 0 bridgehead atoms. The van der Waals surface area contributed by atoms with E-state index in [1.54, 1.807) is 33.9 Å². The van der Waals surface area contributed by atoms with Crippen LogP contribution in [-0.4, -0.2) is 45.6 Å². The molecule has 2 aromatic carbocycles. The second kappa shape index (κ2) is 8.37. The quantitative estimate of drug-likeness (QED) is 0.586. The van der Waals surface area contributed by atoms with Gasteiger partial charge in [-0.2, -0.15) is 0 Å². The van der Waals surface area contributed by atoms with Crippen molar-refractivity contribution in [2.75, 3.05) is 20.0 Å². The van der Waals surface area contributed by atoms with Gasteiger partial charge in [-0.1, -0.05) is 0 Å². The van der Waals surface area contributed by atoms with Crippen molar-refractivity contribution >= 4 is 15.8 Å². The van der Waals surface area contributed by atoms with Gasteiger partial charge in [0.2, 0.25) is 0 Å². The summed E-state index contributed by atoms with van der Waals surface area (Å²) in [5.74, 6) is -0.678. The van der Waals surface area contributed by atoms with Gasteiger partial charge in [0.1, 0.15) is 39.2 Å². The minimum absolute atomic E-state index is 0.0822. The SMILES string of the molecule is COCC1(C)Cc2c(Oc3ccc(S(C)(=O)=O)c(F)c3)cc(C(=O)OC(C)(C)C)cc2O1. The van der Waals surface area contributed by atoms with Crippen LogP contribution in [-0.2, 0) is 25.7 Å². The normalized spacial score (nSPS) is 18.1. The van der Waals surface area contributed by atoms with E-state index in [1.165, 1.54) is 12.1 Å². The maximum atomic E-state index is 14.4. The van der Waals surface area contributed by atoms with Crippen LogP contribution in [0.5, 0.6) is 17.2 Å². The van der Waals surface area contributed by atoms with E-state index in [4.69, 9.17) is 18.9 Å².